The highest BCUT2D eigenvalue weighted by atomic mass is 16.5. The highest BCUT2D eigenvalue weighted by molar-refractivity contribution is 5.64. The molecule has 5 rings (SSSR count). The number of ether oxygens (including phenoxy) is 1. The molecule has 2 aromatic heterocycles. The molecule has 146 valence electrons. The summed E-state index contributed by atoms with van der Waals surface area (Å²) in [6, 6.07) is 28.3. The Hall–Kier alpha value is -3.99. The lowest BCUT2D eigenvalue weighted by Crippen LogP contribution is -1.97. The maximum atomic E-state index is 5.89. The van der Waals surface area contributed by atoms with E-state index < -0.39 is 0 Å². The average Bonchev–Trinajstić information content (AvgIpc) is 3.24. The van der Waals surface area contributed by atoms with Crippen molar-refractivity contribution < 1.29 is 4.74 Å². The van der Waals surface area contributed by atoms with Gasteiger partial charge in [0.2, 0.25) is 0 Å². The van der Waals surface area contributed by atoms with Crippen molar-refractivity contribution in [2.45, 2.75) is 13.5 Å². The molecule has 0 aliphatic carbocycles. The largest absolute Gasteiger partial charge is 0.489 e. The summed E-state index contributed by atoms with van der Waals surface area (Å²) in [5, 5.41) is 4.70. The van der Waals surface area contributed by atoms with Gasteiger partial charge in [-0.15, -0.1) is 5.10 Å². The standard InChI is InChI=1S/C25H20N4O/c1-18-7-9-21(10-8-18)24-27-25-26-16-15-23(29(25)28-24)20-11-13-22(14-12-20)30-17-19-5-3-2-4-6-19/h2-16H,17H2,1H3. The normalized spacial score (nSPS) is 11.0. The Morgan fingerprint density at radius 2 is 1.53 bits per heavy atom. The van der Waals surface area contributed by atoms with Gasteiger partial charge in [0, 0.05) is 17.3 Å². The molecule has 3 aromatic carbocycles. The van der Waals surface area contributed by atoms with Crippen LogP contribution in [0.1, 0.15) is 11.1 Å². The first-order valence-corrected chi connectivity index (χ1v) is 9.82. The van der Waals surface area contributed by atoms with Crippen LogP contribution in [0.25, 0.3) is 28.4 Å². The Morgan fingerprint density at radius 3 is 2.30 bits per heavy atom. The van der Waals surface area contributed by atoms with Crippen molar-refractivity contribution in [3.63, 3.8) is 0 Å². The van der Waals surface area contributed by atoms with E-state index in [9.17, 15) is 0 Å². The second-order valence-corrected chi connectivity index (χ2v) is 7.14. The molecule has 30 heavy (non-hydrogen) atoms. The lowest BCUT2D eigenvalue weighted by molar-refractivity contribution is 0.306. The van der Waals surface area contributed by atoms with Gasteiger partial charge in [0.05, 0.1) is 5.69 Å². The van der Waals surface area contributed by atoms with Crippen molar-refractivity contribution in [1.82, 2.24) is 19.6 Å². The van der Waals surface area contributed by atoms with Gasteiger partial charge in [-0.1, -0.05) is 60.2 Å². The lowest BCUT2D eigenvalue weighted by atomic mass is 10.1. The van der Waals surface area contributed by atoms with E-state index in [4.69, 9.17) is 9.84 Å². The Labute approximate surface area is 174 Å². The minimum absolute atomic E-state index is 0.544. The van der Waals surface area contributed by atoms with Gasteiger partial charge < -0.3 is 4.74 Å². The Bertz CT molecular complexity index is 1280. The molecule has 0 saturated carbocycles. The highest BCUT2D eigenvalue weighted by Crippen LogP contribution is 2.24. The van der Waals surface area contributed by atoms with Crippen LogP contribution in [0.5, 0.6) is 5.75 Å². The van der Waals surface area contributed by atoms with E-state index in [0.29, 0.717) is 18.2 Å². The van der Waals surface area contributed by atoms with Gasteiger partial charge in [-0.05, 0) is 42.8 Å². The molecule has 0 spiro atoms. The van der Waals surface area contributed by atoms with Crippen LogP contribution in [-0.4, -0.2) is 19.6 Å². The number of nitrogens with zero attached hydrogens (tertiary/aromatic N) is 4. The molecule has 2 heterocycles. The fourth-order valence-corrected chi connectivity index (χ4v) is 3.30. The maximum absolute atomic E-state index is 5.89. The van der Waals surface area contributed by atoms with E-state index in [2.05, 4.69) is 41.2 Å². The minimum Gasteiger partial charge on any atom is -0.489 e. The lowest BCUT2D eigenvalue weighted by Gasteiger charge is -2.08. The Balaban J connectivity index is 1.42. The maximum Gasteiger partial charge on any atom is 0.253 e. The molecule has 0 bridgehead atoms. The molecular weight excluding hydrogens is 372 g/mol. The monoisotopic (exact) mass is 392 g/mol. The van der Waals surface area contributed by atoms with Crippen LogP contribution in [0.2, 0.25) is 0 Å². The molecule has 0 unspecified atom stereocenters. The predicted octanol–water partition coefficient (Wildman–Crippen LogP) is 5.35. The number of aryl methyl sites for hydroxylation is 1. The minimum atomic E-state index is 0.544. The molecular formula is C25H20N4O. The van der Waals surface area contributed by atoms with Crippen molar-refractivity contribution in [1.29, 1.82) is 0 Å². The summed E-state index contributed by atoms with van der Waals surface area (Å²) in [4.78, 5) is 8.97. The van der Waals surface area contributed by atoms with Crippen molar-refractivity contribution in [3.8, 4) is 28.4 Å². The zero-order chi connectivity index (χ0) is 20.3. The molecule has 0 fully saturated rings. The second-order valence-electron chi connectivity index (χ2n) is 7.14. The summed E-state index contributed by atoms with van der Waals surface area (Å²) in [5.74, 6) is 2.07. The first-order chi connectivity index (χ1) is 14.8. The van der Waals surface area contributed by atoms with Crippen LogP contribution in [0.4, 0.5) is 0 Å². The molecule has 5 heteroatoms. The van der Waals surface area contributed by atoms with E-state index in [0.717, 1.165) is 28.1 Å². The van der Waals surface area contributed by atoms with Crippen molar-refractivity contribution in [3.05, 3.63) is 102 Å². The van der Waals surface area contributed by atoms with E-state index >= 15 is 0 Å². The van der Waals surface area contributed by atoms with Crippen molar-refractivity contribution >= 4 is 5.78 Å². The topological polar surface area (TPSA) is 52.3 Å². The van der Waals surface area contributed by atoms with Crippen LogP contribution in [0.3, 0.4) is 0 Å². The first-order valence-electron chi connectivity index (χ1n) is 9.82. The molecule has 5 aromatic rings. The summed E-state index contributed by atoms with van der Waals surface area (Å²) in [5.41, 5.74) is 5.27. The molecule has 0 N–H and O–H groups in total. The summed E-state index contributed by atoms with van der Waals surface area (Å²) in [7, 11) is 0. The van der Waals surface area contributed by atoms with Gasteiger partial charge in [-0.25, -0.2) is 4.98 Å². The Morgan fingerprint density at radius 1 is 0.800 bits per heavy atom. The van der Waals surface area contributed by atoms with Gasteiger partial charge in [0.15, 0.2) is 5.82 Å². The molecule has 0 saturated heterocycles. The number of fused-ring (bicyclic) bond motifs is 1. The average molecular weight is 392 g/mol. The molecule has 0 atom stereocenters. The quantitative estimate of drug-likeness (QED) is 0.405. The van der Waals surface area contributed by atoms with Crippen molar-refractivity contribution in [2.24, 2.45) is 0 Å². The third-order valence-electron chi connectivity index (χ3n) is 4.95. The van der Waals surface area contributed by atoms with Crippen LogP contribution in [0, 0.1) is 6.92 Å². The zero-order valence-electron chi connectivity index (χ0n) is 16.6. The van der Waals surface area contributed by atoms with Crippen molar-refractivity contribution in [2.75, 3.05) is 0 Å². The Kier molecular flexibility index (Phi) is 4.69. The van der Waals surface area contributed by atoms with E-state index in [1.54, 1.807) is 10.7 Å². The van der Waals surface area contributed by atoms with Gasteiger partial charge in [0.1, 0.15) is 12.4 Å². The van der Waals surface area contributed by atoms with Crippen LogP contribution >= 0.6 is 0 Å². The van der Waals surface area contributed by atoms with Gasteiger partial charge in [-0.3, -0.25) is 0 Å². The van der Waals surface area contributed by atoms with Gasteiger partial charge in [0.25, 0.3) is 5.78 Å². The second kappa shape index (κ2) is 7.79. The zero-order valence-corrected chi connectivity index (χ0v) is 16.6. The number of aromatic nitrogens is 4. The van der Waals surface area contributed by atoms with Gasteiger partial charge in [-0.2, -0.15) is 9.50 Å². The van der Waals surface area contributed by atoms with E-state index in [-0.39, 0.29) is 0 Å². The third kappa shape index (κ3) is 3.65. The summed E-state index contributed by atoms with van der Waals surface area (Å²) < 4.78 is 7.68. The fourth-order valence-electron chi connectivity index (χ4n) is 3.30. The molecule has 5 nitrogen and oxygen atoms in total. The molecule has 0 amide bonds. The summed E-state index contributed by atoms with van der Waals surface area (Å²) >= 11 is 0. The third-order valence-corrected chi connectivity index (χ3v) is 4.95. The molecule has 0 aliphatic heterocycles. The van der Waals surface area contributed by atoms with Crippen LogP contribution < -0.4 is 4.74 Å². The summed E-state index contributed by atoms with van der Waals surface area (Å²) in [6.07, 6.45) is 1.76. The number of hydrogen-bond donors (Lipinski definition) is 0. The SMILES string of the molecule is Cc1ccc(-c2nc3nccc(-c4ccc(OCc5ccccc5)cc4)n3n2)cc1. The number of benzene rings is 3. The number of hydrogen-bond acceptors (Lipinski definition) is 4. The highest BCUT2D eigenvalue weighted by Gasteiger charge is 2.11. The van der Waals surface area contributed by atoms with Crippen LogP contribution in [-0.2, 0) is 6.61 Å². The summed E-state index contributed by atoms with van der Waals surface area (Å²) in [6.45, 7) is 2.61. The molecule has 0 radical (unpaired) electrons. The number of rotatable bonds is 5. The molecule has 0 aliphatic rings. The van der Waals surface area contributed by atoms with Crippen LogP contribution in [0.15, 0.2) is 91.1 Å². The predicted molar refractivity (Wildman–Crippen MR) is 117 cm³/mol. The smallest absolute Gasteiger partial charge is 0.253 e. The fraction of sp³-hybridized carbons (Fsp3) is 0.0800. The first kappa shape index (κ1) is 18.1. The van der Waals surface area contributed by atoms with E-state index in [1.807, 2.05) is 60.7 Å². The van der Waals surface area contributed by atoms with Gasteiger partial charge >= 0.3 is 0 Å². The van der Waals surface area contributed by atoms with E-state index in [1.165, 1.54) is 5.56 Å².